The average Bonchev–Trinajstić information content (AvgIpc) is 2.43. The maximum absolute atomic E-state index is 11.8. The molecule has 100 valence electrons. The van der Waals surface area contributed by atoms with Crippen molar-refractivity contribution in [1.29, 1.82) is 0 Å². The maximum Gasteiger partial charge on any atom is 0.133 e. The van der Waals surface area contributed by atoms with E-state index in [2.05, 4.69) is 6.92 Å². The number of methoxy groups -OCH3 is 1. The zero-order valence-electron chi connectivity index (χ0n) is 11.3. The predicted octanol–water partition coefficient (Wildman–Crippen LogP) is 2.57. The van der Waals surface area contributed by atoms with Gasteiger partial charge in [0.05, 0.1) is 7.11 Å². The second-order valence-electron chi connectivity index (χ2n) is 4.60. The highest BCUT2D eigenvalue weighted by Crippen LogP contribution is 2.14. The Balaban J connectivity index is 2.37. The highest BCUT2D eigenvalue weighted by Gasteiger charge is 2.10. The summed E-state index contributed by atoms with van der Waals surface area (Å²) in [6.45, 7) is 2.68. The van der Waals surface area contributed by atoms with Gasteiger partial charge in [-0.3, -0.25) is 4.79 Å². The van der Waals surface area contributed by atoms with Crippen molar-refractivity contribution >= 4 is 5.78 Å². The molecule has 0 bridgehead atoms. The zero-order chi connectivity index (χ0) is 13.4. The molecule has 0 aliphatic rings. The zero-order valence-corrected chi connectivity index (χ0v) is 11.3. The van der Waals surface area contributed by atoms with Gasteiger partial charge in [0.1, 0.15) is 11.5 Å². The fourth-order valence-corrected chi connectivity index (χ4v) is 1.89. The van der Waals surface area contributed by atoms with E-state index in [-0.39, 0.29) is 0 Å². The molecule has 0 spiro atoms. The molecule has 1 unspecified atom stereocenters. The van der Waals surface area contributed by atoms with Crippen LogP contribution in [0.2, 0.25) is 0 Å². The molecule has 0 aliphatic heterocycles. The average molecular weight is 249 g/mol. The van der Waals surface area contributed by atoms with Crippen LogP contribution in [0.4, 0.5) is 0 Å². The Labute approximate surface area is 109 Å². The summed E-state index contributed by atoms with van der Waals surface area (Å²) in [4.78, 5) is 11.8. The summed E-state index contributed by atoms with van der Waals surface area (Å²) < 4.78 is 5.10. The summed E-state index contributed by atoms with van der Waals surface area (Å²) in [6.07, 6.45) is 2.99. The van der Waals surface area contributed by atoms with E-state index in [1.165, 1.54) is 5.56 Å². The molecule has 0 aliphatic carbocycles. The second kappa shape index (κ2) is 7.88. The Kier molecular flexibility index (Phi) is 6.44. The highest BCUT2D eigenvalue weighted by molar-refractivity contribution is 5.78. The smallest absolute Gasteiger partial charge is 0.133 e. The summed E-state index contributed by atoms with van der Waals surface area (Å²) in [5, 5.41) is 0. The molecule has 0 radical (unpaired) electrons. The quantitative estimate of drug-likeness (QED) is 0.770. The van der Waals surface area contributed by atoms with Crippen LogP contribution in [0.15, 0.2) is 24.3 Å². The molecule has 18 heavy (non-hydrogen) atoms. The molecule has 2 N–H and O–H groups in total. The summed E-state index contributed by atoms with van der Waals surface area (Å²) in [6, 6.07) is 7.86. The number of Topliss-reactive ketones (excluding diaryl/α,β-unsaturated/α-hetero) is 1. The molecule has 3 nitrogen and oxygen atoms in total. The molecule has 0 fully saturated rings. The molecule has 0 aromatic heterocycles. The van der Waals surface area contributed by atoms with E-state index in [9.17, 15) is 4.79 Å². The number of ether oxygens (including phenoxy) is 1. The Bertz CT molecular complexity index is 355. The highest BCUT2D eigenvalue weighted by atomic mass is 16.5. The molecule has 3 heteroatoms. The SMILES string of the molecule is CCC(CN)CC(=O)CCc1ccc(OC)cc1. The third-order valence-corrected chi connectivity index (χ3v) is 3.28. The fraction of sp³-hybridized carbons (Fsp3) is 0.533. The van der Waals surface area contributed by atoms with E-state index >= 15 is 0 Å². The van der Waals surface area contributed by atoms with Gasteiger partial charge in [-0.25, -0.2) is 0 Å². The van der Waals surface area contributed by atoms with Crippen molar-refractivity contribution in [1.82, 2.24) is 0 Å². The van der Waals surface area contributed by atoms with Gasteiger partial charge in [0, 0.05) is 12.8 Å². The van der Waals surface area contributed by atoms with Gasteiger partial charge in [-0.05, 0) is 36.6 Å². The standard InChI is InChI=1S/C15H23NO2/c1-3-12(11-16)10-14(17)7-4-13-5-8-15(18-2)9-6-13/h5-6,8-9,12H,3-4,7,10-11,16H2,1-2H3. The van der Waals surface area contributed by atoms with Gasteiger partial charge in [-0.15, -0.1) is 0 Å². The summed E-state index contributed by atoms with van der Waals surface area (Å²) >= 11 is 0. The van der Waals surface area contributed by atoms with E-state index in [1.807, 2.05) is 24.3 Å². The first-order valence-electron chi connectivity index (χ1n) is 6.54. The van der Waals surface area contributed by atoms with Crippen LogP contribution in [0.5, 0.6) is 5.75 Å². The minimum Gasteiger partial charge on any atom is -0.497 e. The van der Waals surface area contributed by atoms with Crippen LogP contribution in [0.3, 0.4) is 0 Å². The van der Waals surface area contributed by atoms with Crippen LogP contribution in [0, 0.1) is 5.92 Å². The van der Waals surface area contributed by atoms with Crippen molar-refractivity contribution in [3.05, 3.63) is 29.8 Å². The topological polar surface area (TPSA) is 52.3 Å². The molecule has 1 aromatic carbocycles. The Morgan fingerprint density at radius 2 is 2.00 bits per heavy atom. The van der Waals surface area contributed by atoms with Crippen molar-refractivity contribution in [2.24, 2.45) is 11.7 Å². The Morgan fingerprint density at radius 1 is 1.33 bits per heavy atom. The second-order valence-corrected chi connectivity index (χ2v) is 4.60. The third kappa shape index (κ3) is 4.88. The van der Waals surface area contributed by atoms with E-state index in [4.69, 9.17) is 10.5 Å². The van der Waals surface area contributed by atoms with Crippen molar-refractivity contribution in [2.45, 2.75) is 32.6 Å². The van der Waals surface area contributed by atoms with Crippen molar-refractivity contribution in [3.63, 3.8) is 0 Å². The van der Waals surface area contributed by atoms with Crippen LogP contribution >= 0.6 is 0 Å². The summed E-state index contributed by atoms with van der Waals surface area (Å²) in [5.41, 5.74) is 6.78. The fourth-order valence-electron chi connectivity index (χ4n) is 1.89. The van der Waals surface area contributed by atoms with Gasteiger partial charge >= 0.3 is 0 Å². The lowest BCUT2D eigenvalue weighted by Gasteiger charge is -2.10. The Hall–Kier alpha value is -1.35. The summed E-state index contributed by atoms with van der Waals surface area (Å²) in [7, 11) is 1.65. The van der Waals surface area contributed by atoms with Crippen molar-refractivity contribution < 1.29 is 9.53 Å². The number of benzene rings is 1. The van der Waals surface area contributed by atoms with E-state index in [0.29, 0.717) is 31.1 Å². The molecule has 0 amide bonds. The first kappa shape index (κ1) is 14.7. The van der Waals surface area contributed by atoms with E-state index in [1.54, 1.807) is 7.11 Å². The van der Waals surface area contributed by atoms with Crippen molar-refractivity contribution in [2.75, 3.05) is 13.7 Å². The molecule has 0 heterocycles. The van der Waals surface area contributed by atoms with Crippen molar-refractivity contribution in [3.8, 4) is 5.75 Å². The molecule has 1 aromatic rings. The molecular weight excluding hydrogens is 226 g/mol. The maximum atomic E-state index is 11.8. The van der Waals surface area contributed by atoms with Crippen LogP contribution in [-0.2, 0) is 11.2 Å². The number of carbonyl (C=O) groups is 1. The van der Waals surface area contributed by atoms with Crippen LogP contribution in [0.1, 0.15) is 31.7 Å². The normalized spacial score (nSPS) is 12.2. The summed E-state index contributed by atoms with van der Waals surface area (Å²) in [5.74, 6) is 1.50. The monoisotopic (exact) mass is 249 g/mol. The van der Waals surface area contributed by atoms with Gasteiger partial charge < -0.3 is 10.5 Å². The van der Waals surface area contributed by atoms with Crippen LogP contribution in [-0.4, -0.2) is 19.4 Å². The number of carbonyl (C=O) groups excluding carboxylic acids is 1. The van der Waals surface area contributed by atoms with Crippen LogP contribution in [0.25, 0.3) is 0 Å². The van der Waals surface area contributed by atoms with Gasteiger partial charge in [0.2, 0.25) is 0 Å². The first-order chi connectivity index (χ1) is 8.69. The number of rotatable bonds is 8. The lowest BCUT2D eigenvalue weighted by atomic mass is 9.96. The van der Waals surface area contributed by atoms with E-state index < -0.39 is 0 Å². The first-order valence-corrected chi connectivity index (χ1v) is 6.54. The lowest BCUT2D eigenvalue weighted by molar-refractivity contribution is -0.119. The number of hydrogen-bond acceptors (Lipinski definition) is 3. The number of hydrogen-bond donors (Lipinski definition) is 1. The van der Waals surface area contributed by atoms with Gasteiger partial charge in [0.15, 0.2) is 0 Å². The lowest BCUT2D eigenvalue weighted by Crippen LogP contribution is -2.17. The molecule has 0 saturated carbocycles. The molecule has 0 saturated heterocycles. The van der Waals surface area contributed by atoms with Gasteiger partial charge in [-0.1, -0.05) is 25.5 Å². The van der Waals surface area contributed by atoms with Gasteiger partial charge in [0.25, 0.3) is 0 Å². The molecule has 1 atom stereocenters. The van der Waals surface area contributed by atoms with E-state index in [0.717, 1.165) is 18.6 Å². The molecular formula is C15H23NO2. The Morgan fingerprint density at radius 3 is 2.50 bits per heavy atom. The van der Waals surface area contributed by atoms with Crippen LogP contribution < -0.4 is 10.5 Å². The number of nitrogens with two attached hydrogens (primary N) is 1. The minimum absolute atomic E-state index is 0.308. The number of ketones is 1. The largest absolute Gasteiger partial charge is 0.497 e. The number of aryl methyl sites for hydroxylation is 1. The van der Waals surface area contributed by atoms with Gasteiger partial charge in [-0.2, -0.15) is 0 Å². The third-order valence-electron chi connectivity index (χ3n) is 3.28. The molecule has 1 rings (SSSR count). The minimum atomic E-state index is 0.308. The predicted molar refractivity (Wildman–Crippen MR) is 73.8 cm³/mol.